The molecule has 0 aliphatic heterocycles. The Balaban J connectivity index is 2.35. The fourth-order valence-electron chi connectivity index (χ4n) is 2.20. The summed E-state index contributed by atoms with van der Waals surface area (Å²) in [6, 6.07) is 3.70. The van der Waals surface area contributed by atoms with Crippen molar-refractivity contribution in [3.8, 4) is 5.75 Å². The maximum absolute atomic E-state index is 11.7. The number of carboxylic acid groups (broad SMARTS) is 1. The highest BCUT2D eigenvalue weighted by molar-refractivity contribution is 7.98. The number of amides is 1. The van der Waals surface area contributed by atoms with E-state index in [2.05, 4.69) is 5.32 Å². The predicted molar refractivity (Wildman–Crippen MR) is 87.8 cm³/mol. The van der Waals surface area contributed by atoms with Gasteiger partial charge in [-0.05, 0) is 56.2 Å². The molecule has 0 aliphatic rings. The Morgan fingerprint density at radius 1 is 1.18 bits per heavy atom. The molecule has 1 rings (SSSR count). The highest BCUT2D eigenvalue weighted by Crippen LogP contribution is 2.28. The van der Waals surface area contributed by atoms with Crippen LogP contribution in [0.4, 0.5) is 4.79 Å². The Bertz CT molecular complexity index is 508. The lowest BCUT2D eigenvalue weighted by molar-refractivity contribution is -0.137. The van der Waals surface area contributed by atoms with Crippen LogP contribution in [0.1, 0.15) is 36.8 Å². The molecule has 22 heavy (non-hydrogen) atoms. The molecular formula is C16H23NO4S. The Hall–Kier alpha value is -1.69. The fourth-order valence-corrected chi connectivity index (χ4v) is 2.96. The lowest BCUT2D eigenvalue weighted by atomic mass is 10.1. The van der Waals surface area contributed by atoms with Gasteiger partial charge in [-0.3, -0.25) is 4.79 Å². The van der Waals surface area contributed by atoms with Crippen molar-refractivity contribution < 1.29 is 19.4 Å². The quantitative estimate of drug-likeness (QED) is 0.562. The van der Waals surface area contributed by atoms with Crippen LogP contribution in [-0.2, 0) is 4.79 Å². The molecule has 1 aromatic rings. The molecule has 1 amide bonds. The minimum absolute atomic E-state index is 0.171. The lowest BCUT2D eigenvalue weighted by Gasteiger charge is -2.11. The maximum atomic E-state index is 11.7. The summed E-state index contributed by atoms with van der Waals surface area (Å²) in [7, 11) is 0. The molecule has 0 unspecified atom stereocenters. The van der Waals surface area contributed by atoms with Gasteiger partial charge in [0.1, 0.15) is 5.75 Å². The third-order valence-corrected chi connectivity index (χ3v) is 4.24. The van der Waals surface area contributed by atoms with Crippen LogP contribution in [0.2, 0.25) is 0 Å². The van der Waals surface area contributed by atoms with Crippen LogP contribution in [0, 0.1) is 13.8 Å². The average molecular weight is 325 g/mol. The topological polar surface area (TPSA) is 75.6 Å². The molecule has 0 saturated heterocycles. The SMILES string of the molecule is CSc1c(C)cc(OC(=O)NCCCCCC(=O)O)cc1C. The molecule has 1 aromatic carbocycles. The molecule has 0 fully saturated rings. The molecule has 0 heterocycles. The average Bonchev–Trinajstić information content (AvgIpc) is 2.42. The molecule has 6 heteroatoms. The van der Waals surface area contributed by atoms with E-state index in [4.69, 9.17) is 9.84 Å². The van der Waals surface area contributed by atoms with Gasteiger partial charge < -0.3 is 15.2 Å². The summed E-state index contributed by atoms with van der Waals surface area (Å²) in [5.41, 5.74) is 2.17. The van der Waals surface area contributed by atoms with E-state index in [9.17, 15) is 9.59 Å². The van der Waals surface area contributed by atoms with Crippen LogP contribution in [0.25, 0.3) is 0 Å². The third kappa shape index (κ3) is 6.39. The van der Waals surface area contributed by atoms with Gasteiger partial charge in [-0.15, -0.1) is 11.8 Å². The summed E-state index contributed by atoms with van der Waals surface area (Å²) in [4.78, 5) is 23.3. The number of thioether (sulfide) groups is 1. The number of hydrogen-bond donors (Lipinski definition) is 2. The molecule has 0 saturated carbocycles. The van der Waals surface area contributed by atoms with Crippen molar-refractivity contribution in [2.45, 2.75) is 44.4 Å². The first-order valence-corrected chi connectivity index (χ1v) is 8.49. The lowest BCUT2D eigenvalue weighted by Crippen LogP contribution is -2.27. The van der Waals surface area contributed by atoms with E-state index in [1.54, 1.807) is 11.8 Å². The van der Waals surface area contributed by atoms with Crippen molar-refractivity contribution in [2.75, 3.05) is 12.8 Å². The van der Waals surface area contributed by atoms with Crippen molar-refractivity contribution in [3.63, 3.8) is 0 Å². The molecule has 0 aliphatic carbocycles. The predicted octanol–water partition coefficient (Wildman–Crippen LogP) is 3.76. The summed E-state index contributed by atoms with van der Waals surface area (Å²) >= 11 is 1.68. The van der Waals surface area contributed by atoms with E-state index < -0.39 is 12.1 Å². The van der Waals surface area contributed by atoms with E-state index in [0.29, 0.717) is 18.7 Å². The number of ether oxygens (including phenoxy) is 1. The van der Waals surface area contributed by atoms with Gasteiger partial charge in [0.2, 0.25) is 0 Å². The zero-order chi connectivity index (χ0) is 16.5. The molecule has 0 bridgehead atoms. The van der Waals surface area contributed by atoms with Crippen molar-refractivity contribution in [1.29, 1.82) is 0 Å². The normalized spacial score (nSPS) is 10.3. The molecule has 122 valence electrons. The highest BCUT2D eigenvalue weighted by atomic mass is 32.2. The second-order valence-corrected chi connectivity index (χ2v) is 5.93. The largest absolute Gasteiger partial charge is 0.481 e. The minimum atomic E-state index is -0.785. The van der Waals surface area contributed by atoms with Gasteiger partial charge >= 0.3 is 12.1 Å². The van der Waals surface area contributed by atoms with Gasteiger partial charge in [0.25, 0.3) is 0 Å². The first-order chi connectivity index (χ1) is 10.4. The van der Waals surface area contributed by atoms with Gasteiger partial charge in [0, 0.05) is 17.9 Å². The van der Waals surface area contributed by atoms with Crippen LogP contribution >= 0.6 is 11.8 Å². The first kappa shape index (κ1) is 18.4. The van der Waals surface area contributed by atoms with Crippen LogP contribution < -0.4 is 10.1 Å². The van der Waals surface area contributed by atoms with Crippen LogP contribution in [0.15, 0.2) is 17.0 Å². The van der Waals surface area contributed by atoms with E-state index in [0.717, 1.165) is 24.0 Å². The number of aliphatic carboxylic acids is 1. The van der Waals surface area contributed by atoms with Crippen molar-refractivity contribution >= 4 is 23.8 Å². The number of unbranched alkanes of at least 4 members (excludes halogenated alkanes) is 2. The van der Waals surface area contributed by atoms with Gasteiger partial charge in [-0.1, -0.05) is 6.42 Å². The number of carbonyl (C=O) groups excluding carboxylic acids is 1. The van der Waals surface area contributed by atoms with Crippen molar-refractivity contribution in [3.05, 3.63) is 23.3 Å². The van der Waals surface area contributed by atoms with Crippen LogP contribution in [0.5, 0.6) is 5.75 Å². The second kappa shape index (κ2) is 9.35. The van der Waals surface area contributed by atoms with Crippen LogP contribution in [0.3, 0.4) is 0 Å². The molecule has 2 N–H and O–H groups in total. The number of carboxylic acids is 1. The maximum Gasteiger partial charge on any atom is 0.412 e. The first-order valence-electron chi connectivity index (χ1n) is 7.26. The van der Waals surface area contributed by atoms with Crippen molar-refractivity contribution in [2.24, 2.45) is 0 Å². The van der Waals surface area contributed by atoms with E-state index in [-0.39, 0.29) is 6.42 Å². The second-order valence-electron chi connectivity index (χ2n) is 5.11. The zero-order valence-corrected chi connectivity index (χ0v) is 14.1. The van der Waals surface area contributed by atoms with Crippen LogP contribution in [-0.4, -0.2) is 30.0 Å². The van der Waals surface area contributed by atoms with E-state index in [1.165, 1.54) is 4.90 Å². The number of nitrogens with one attached hydrogen (secondary N) is 1. The Labute approximate surface area is 135 Å². The summed E-state index contributed by atoms with van der Waals surface area (Å²) in [5, 5.41) is 11.2. The minimum Gasteiger partial charge on any atom is -0.481 e. The summed E-state index contributed by atoms with van der Waals surface area (Å²) in [6.45, 7) is 4.47. The van der Waals surface area contributed by atoms with Gasteiger partial charge in [0.15, 0.2) is 0 Å². The number of benzene rings is 1. The monoisotopic (exact) mass is 325 g/mol. The van der Waals surface area contributed by atoms with E-state index in [1.807, 2.05) is 32.2 Å². The molecule has 0 atom stereocenters. The van der Waals surface area contributed by atoms with E-state index >= 15 is 0 Å². The number of hydrogen-bond acceptors (Lipinski definition) is 4. The molecule has 0 aromatic heterocycles. The Kier molecular flexibility index (Phi) is 7.80. The number of aryl methyl sites for hydroxylation is 2. The molecular weight excluding hydrogens is 302 g/mol. The summed E-state index contributed by atoms with van der Waals surface area (Å²) < 4.78 is 5.27. The smallest absolute Gasteiger partial charge is 0.412 e. The Morgan fingerprint density at radius 2 is 1.82 bits per heavy atom. The number of carbonyl (C=O) groups is 2. The fraction of sp³-hybridized carbons (Fsp3) is 0.500. The molecule has 0 spiro atoms. The number of rotatable bonds is 8. The Morgan fingerprint density at radius 3 is 2.36 bits per heavy atom. The molecule has 0 radical (unpaired) electrons. The van der Waals surface area contributed by atoms with Gasteiger partial charge in [-0.25, -0.2) is 4.79 Å². The van der Waals surface area contributed by atoms with Gasteiger partial charge in [-0.2, -0.15) is 0 Å². The molecule has 5 nitrogen and oxygen atoms in total. The third-order valence-electron chi connectivity index (χ3n) is 3.19. The standard InChI is InChI=1S/C16H23NO4S/c1-11-9-13(10-12(2)15(11)22-3)21-16(20)17-8-6-4-5-7-14(18)19/h9-10H,4-8H2,1-3H3,(H,17,20)(H,18,19). The summed E-state index contributed by atoms with van der Waals surface area (Å²) in [5.74, 6) is -0.247. The highest BCUT2D eigenvalue weighted by Gasteiger charge is 2.08. The summed E-state index contributed by atoms with van der Waals surface area (Å²) in [6.07, 6.45) is 3.85. The zero-order valence-electron chi connectivity index (χ0n) is 13.3. The van der Waals surface area contributed by atoms with Crippen molar-refractivity contribution in [1.82, 2.24) is 5.32 Å². The van der Waals surface area contributed by atoms with Gasteiger partial charge in [0.05, 0.1) is 0 Å².